The summed E-state index contributed by atoms with van der Waals surface area (Å²) in [5, 5.41) is 10.6. The highest BCUT2D eigenvalue weighted by atomic mass is 127. The van der Waals surface area contributed by atoms with Crippen molar-refractivity contribution in [3.63, 3.8) is 0 Å². The van der Waals surface area contributed by atoms with Crippen LogP contribution in [0.25, 0.3) is 0 Å². The molecule has 0 spiro atoms. The number of hydrogen-bond acceptors (Lipinski definition) is 4. The smallest absolute Gasteiger partial charge is 0.223 e. The first kappa shape index (κ1) is 20.2. The van der Waals surface area contributed by atoms with Gasteiger partial charge in [-0.25, -0.2) is 0 Å². The summed E-state index contributed by atoms with van der Waals surface area (Å²) < 4.78 is 4.97. The molecule has 0 atom stereocenters. The van der Waals surface area contributed by atoms with E-state index in [-0.39, 0.29) is 24.0 Å². The van der Waals surface area contributed by atoms with Crippen LogP contribution in [0.15, 0.2) is 9.52 Å². The van der Waals surface area contributed by atoms with Gasteiger partial charge in [0.05, 0.1) is 6.54 Å². The molecule has 1 aliphatic carbocycles. The Hall–Kier alpha value is -0.860. The monoisotopic (exact) mass is 435 g/mol. The summed E-state index contributed by atoms with van der Waals surface area (Å²) in [6.07, 6.45) is 6.62. The first-order valence-electron chi connectivity index (χ1n) is 8.27. The zero-order valence-electron chi connectivity index (χ0n) is 14.7. The zero-order valence-corrected chi connectivity index (χ0v) is 17.0. The Kier molecular flexibility index (Phi) is 8.28. The molecule has 6 nitrogen and oxygen atoms in total. The van der Waals surface area contributed by atoms with Gasteiger partial charge in [-0.1, -0.05) is 31.8 Å². The molecule has 1 saturated carbocycles. The number of halogens is 1. The number of rotatable bonds is 6. The van der Waals surface area contributed by atoms with Crippen LogP contribution >= 0.6 is 24.0 Å². The quantitative estimate of drug-likeness (QED) is 0.408. The Morgan fingerprint density at radius 1 is 1.30 bits per heavy atom. The molecule has 23 heavy (non-hydrogen) atoms. The van der Waals surface area contributed by atoms with Crippen molar-refractivity contribution in [1.82, 2.24) is 20.8 Å². The zero-order chi connectivity index (χ0) is 16.0. The summed E-state index contributed by atoms with van der Waals surface area (Å²) in [5.74, 6) is 2.77. The average Bonchev–Trinajstić information content (AvgIpc) is 3.08. The van der Waals surface area contributed by atoms with Crippen molar-refractivity contribution in [2.24, 2.45) is 16.3 Å². The maximum Gasteiger partial charge on any atom is 0.223 e. The molecule has 2 N–H and O–H groups in total. The molecule has 0 unspecified atom stereocenters. The fourth-order valence-electron chi connectivity index (χ4n) is 3.51. The van der Waals surface area contributed by atoms with E-state index >= 15 is 0 Å². The maximum absolute atomic E-state index is 4.97. The van der Waals surface area contributed by atoms with Gasteiger partial charge in [-0.15, -0.1) is 24.0 Å². The number of guanidine groups is 1. The van der Waals surface area contributed by atoms with Gasteiger partial charge in [0, 0.05) is 20.5 Å². The van der Waals surface area contributed by atoms with E-state index in [4.69, 9.17) is 4.52 Å². The van der Waals surface area contributed by atoms with Gasteiger partial charge in [-0.2, -0.15) is 4.98 Å². The third-order valence-corrected chi connectivity index (χ3v) is 4.34. The lowest BCUT2D eigenvalue weighted by Crippen LogP contribution is -2.43. The van der Waals surface area contributed by atoms with E-state index in [2.05, 4.69) is 39.6 Å². The minimum atomic E-state index is 0. The summed E-state index contributed by atoms with van der Waals surface area (Å²) in [7, 11) is 1.79. The van der Waals surface area contributed by atoms with E-state index in [1.54, 1.807) is 14.0 Å². The highest BCUT2D eigenvalue weighted by Crippen LogP contribution is 2.42. The van der Waals surface area contributed by atoms with Crippen molar-refractivity contribution in [1.29, 1.82) is 0 Å². The second-order valence-corrected chi connectivity index (χ2v) is 6.81. The lowest BCUT2D eigenvalue weighted by Gasteiger charge is -2.31. The van der Waals surface area contributed by atoms with Crippen LogP contribution in [0.1, 0.15) is 57.7 Å². The molecule has 0 radical (unpaired) electrons. The van der Waals surface area contributed by atoms with Crippen LogP contribution in [0.5, 0.6) is 0 Å². The van der Waals surface area contributed by atoms with Crippen molar-refractivity contribution in [3.8, 4) is 0 Å². The Balaban J connectivity index is 0.00000264. The van der Waals surface area contributed by atoms with Crippen LogP contribution in [0.3, 0.4) is 0 Å². The second kappa shape index (κ2) is 9.44. The number of aryl methyl sites for hydroxylation is 1. The molecule has 0 saturated heterocycles. The normalized spacial score (nSPS) is 17.2. The van der Waals surface area contributed by atoms with E-state index in [1.165, 1.54) is 32.1 Å². The fraction of sp³-hybridized carbons (Fsp3) is 0.812. The summed E-state index contributed by atoms with van der Waals surface area (Å²) in [6, 6.07) is 0. The average molecular weight is 435 g/mol. The molecule has 1 aliphatic rings. The number of hydrogen-bond donors (Lipinski definition) is 2. The van der Waals surface area contributed by atoms with Crippen LogP contribution in [-0.4, -0.2) is 29.7 Å². The SMILES string of the molecule is CN=C(NCc1noc(C)n1)NCC1(CC(C)C)CCCC1.I. The molecule has 0 aromatic carbocycles. The third-order valence-electron chi connectivity index (χ3n) is 4.34. The molecular formula is C16H30IN5O. The summed E-state index contributed by atoms with van der Waals surface area (Å²) in [5.41, 5.74) is 0.425. The number of aliphatic imine (C=N–C) groups is 1. The Labute approximate surface area is 156 Å². The highest BCUT2D eigenvalue weighted by molar-refractivity contribution is 14.0. The molecule has 1 aromatic heterocycles. The van der Waals surface area contributed by atoms with E-state index in [9.17, 15) is 0 Å². The first-order valence-corrected chi connectivity index (χ1v) is 8.27. The predicted octanol–water partition coefficient (Wildman–Crippen LogP) is 3.27. The topological polar surface area (TPSA) is 75.3 Å². The lowest BCUT2D eigenvalue weighted by molar-refractivity contribution is 0.234. The summed E-state index contributed by atoms with van der Waals surface area (Å²) >= 11 is 0. The summed E-state index contributed by atoms with van der Waals surface area (Å²) in [4.78, 5) is 8.47. The van der Waals surface area contributed by atoms with E-state index in [1.807, 2.05) is 0 Å². The predicted molar refractivity (Wildman–Crippen MR) is 103 cm³/mol. The van der Waals surface area contributed by atoms with Crippen molar-refractivity contribution in [2.45, 2.75) is 59.4 Å². The third kappa shape index (κ3) is 6.27. The first-order chi connectivity index (χ1) is 10.5. The molecule has 0 aliphatic heterocycles. The van der Waals surface area contributed by atoms with Gasteiger partial charge in [0.2, 0.25) is 5.89 Å². The van der Waals surface area contributed by atoms with Crippen LogP contribution in [-0.2, 0) is 6.54 Å². The molecule has 0 bridgehead atoms. The standard InChI is InChI=1S/C16H29N5O.HI/c1-12(2)9-16(7-5-6-8-16)11-19-15(17-4)18-10-14-20-13(3)22-21-14;/h12H,5-11H2,1-4H3,(H2,17,18,19);1H. The Morgan fingerprint density at radius 2 is 2.00 bits per heavy atom. The van der Waals surface area contributed by atoms with Crippen molar-refractivity contribution >= 4 is 29.9 Å². The van der Waals surface area contributed by atoms with Gasteiger partial charge in [-0.05, 0) is 30.6 Å². The van der Waals surface area contributed by atoms with Crippen molar-refractivity contribution < 1.29 is 4.52 Å². The van der Waals surface area contributed by atoms with Gasteiger partial charge < -0.3 is 15.2 Å². The largest absolute Gasteiger partial charge is 0.356 e. The van der Waals surface area contributed by atoms with Crippen LogP contribution < -0.4 is 10.6 Å². The maximum atomic E-state index is 4.97. The summed E-state index contributed by atoms with van der Waals surface area (Å²) in [6.45, 7) is 7.92. The molecule has 2 rings (SSSR count). The van der Waals surface area contributed by atoms with Gasteiger partial charge in [-0.3, -0.25) is 4.99 Å². The van der Waals surface area contributed by atoms with Gasteiger partial charge in [0.25, 0.3) is 0 Å². The molecule has 1 aromatic rings. The van der Waals surface area contributed by atoms with Crippen LogP contribution in [0.4, 0.5) is 0 Å². The van der Waals surface area contributed by atoms with E-state index in [0.717, 1.165) is 18.4 Å². The number of aromatic nitrogens is 2. The van der Waals surface area contributed by atoms with E-state index < -0.39 is 0 Å². The highest BCUT2D eigenvalue weighted by Gasteiger charge is 2.34. The van der Waals surface area contributed by atoms with Gasteiger partial charge in [0.15, 0.2) is 11.8 Å². The number of nitrogens with one attached hydrogen (secondary N) is 2. The molecule has 7 heteroatoms. The lowest BCUT2D eigenvalue weighted by atomic mass is 9.78. The number of nitrogens with zero attached hydrogens (tertiary/aromatic N) is 3. The van der Waals surface area contributed by atoms with Crippen molar-refractivity contribution in [3.05, 3.63) is 11.7 Å². The Bertz CT molecular complexity index is 494. The molecule has 1 heterocycles. The van der Waals surface area contributed by atoms with E-state index in [0.29, 0.717) is 23.7 Å². The minimum Gasteiger partial charge on any atom is -0.356 e. The molecule has 1 fully saturated rings. The fourth-order valence-corrected chi connectivity index (χ4v) is 3.51. The molecule has 132 valence electrons. The van der Waals surface area contributed by atoms with Crippen LogP contribution in [0, 0.1) is 18.3 Å². The van der Waals surface area contributed by atoms with Gasteiger partial charge >= 0.3 is 0 Å². The van der Waals surface area contributed by atoms with Gasteiger partial charge in [0.1, 0.15) is 0 Å². The Morgan fingerprint density at radius 3 is 2.52 bits per heavy atom. The minimum absolute atomic E-state index is 0. The molecule has 0 amide bonds. The second-order valence-electron chi connectivity index (χ2n) is 6.81. The molecular weight excluding hydrogens is 405 g/mol. The van der Waals surface area contributed by atoms with Crippen LogP contribution in [0.2, 0.25) is 0 Å². The van der Waals surface area contributed by atoms with Crippen molar-refractivity contribution in [2.75, 3.05) is 13.6 Å².